The van der Waals surface area contributed by atoms with Crippen LogP contribution in [0.1, 0.15) is 24.3 Å². The van der Waals surface area contributed by atoms with Gasteiger partial charge in [0.2, 0.25) is 0 Å². The third-order valence-electron chi connectivity index (χ3n) is 2.14. The van der Waals surface area contributed by atoms with Gasteiger partial charge in [0.1, 0.15) is 6.10 Å². The summed E-state index contributed by atoms with van der Waals surface area (Å²) < 4.78 is 16.9. The van der Waals surface area contributed by atoms with Crippen molar-refractivity contribution in [2.75, 3.05) is 19.2 Å². The van der Waals surface area contributed by atoms with Crippen molar-refractivity contribution in [3.8, 4) is 0 Å². The fraction of sp³-hybridized carbons (Fsp3) is 0.500. The number of aromatic nitrogens is 1. The molecule has 1 aromatic heterocycles. The fourth-order valence-corrected chi connectivity index (χ4v) is 1.39. The summed E-state index contributed by atoms with van der Waals surface area (Å²) >= 11 is 0. The number of pyridine rings is 1. The summed E-state index contributed by atoms with van der Waals surface area (Å²) in [5.74, 6) is 0. The molecule has 0 aromatic carbocycles. The number of aryl methyl sites for hydroxylation is 1. The minimum absolute atomic E-state index is 0.331. The highest BCUT2D eigenvalue weighted by atomic mass is 19.1. The van der Waals surface area contributed by atoms with Crippen molar-refractivity contribution in [3.63, 3.8) is 0 Å². The van der Waals surface area contributed by atoms with E-state index < -0.39 is 6.86 Å². The number of anilines is 1. The summed E-state index contributed by atoms with van der Waals surface area (Å²) in [7, 11) is 1.82. The van der Waals surface area contributed by atoms with E-state index in [1.54, 1.807) is 13.1 Å². The number of alkyl halides is 1. The molecule has 3 nitrogen and oxygen atoms in total. The van der Waals surface area contributed by atoms with Crippen LogP contribution in [0.5, 0.6) is 0 Å². The molecule has 0 fully saturated rings. The van der Waals surface area contributed by atoms with Gasteiger partial charge in [0, 0.05) is 13.2 Å². The van der Waals surface area contributed by atoms with Crippen LogP contribution in [0.4, 0.5) is 10.1 Å². The first-order valence-corrected chi connectivity index (χ1v) is 4.51. The van der Waals surface area contributed by atoms with Gasteiger partial charge in [-0.15, -0.1) is 0 Å². The Morgan fingerprint density at radius 3 is 2.93 bits per heavy atom. The summed E-state index contributed by atoms with van der Waals surface area (Å²) in [6.07, 6.45) is 1.37. The third-order valence-corrected chi connectivity index (χ3v) is 2.14. The van der Waals surface area contributed by atoms with E-state index in [0.29, 0.717) is 0 Å². The van der Waals surface area contributed by atoms with E-state index in [-0.39, 0.29) is 6.10 Å². The van der Waals surface area contributed by atoms with Gasteiger partial charge in [-0.2, -0.15) is 0 Å². The van der Waals surface area contributed by atoms with Gasteiger partial charge in [-0.25, -0.2) is 4.39 Å². The van der Waals surface area contributed by atoms with E-state index in [4.69, 9.17) is 4.74 Å². The molecule has 1 rings (SSSR count). The number of nitrogens with zero attached hydrogens (tertiary/aromatic N) is 1. The topological polar surface area (TPSA) is 34.2 Å². The molecule has 1 atom stereocenters. The standard InChI is InChI=1S/C10H15FN2O/c1-7-4-5-13-10(9(7)12-3)8(2)14-6-11/h4-5,8,12H,6H2,1-3H3. The first kappa shape index (κ1) is 10.9. The van der Waals surface area contributed by atoms with Crippen molar-refractivity contribution in [3.05, 3.63) is 23.5 Å². The van der Waals surface area contributed by atoms with Crippen LogP contribution >= 0.6 is 0 Å². The zero-order chi connectivity index (χ0) is 10.6. The Balaban J connectivity index is 3.00. The molecular formula is C10H15FN2O. The monoisotopic (exact) mass is 198 g/mol. The Bertz CT molecular complexity index is 304. The maximum atomic E-state index is 12.0. The second kappa shape index (κ2) is 4.91. The van der Waals surface area contributed by atoms with Crippen LogP contribution in [0, 0.1) is 6.92 Å². The van der Waals surface area contributed by atoms with Crippen LogP contribution in [-0.4, -0.2) is 18.9 Å². The lowest BCUT2D eigenvalue weighted by Gasteiger charge is -2.15. The van der Waals surface area contributed by atoms with Gasteiger partial charge in [-0.1, -0.05) is 0 Å². The number of hydrogen-bond acceptors (Lipinski definition) is 3. The Hall–Kier alpha value is -1.16. The van der Waals surface area contributed by atoms with Crippen molar-refractivity contribution >= 4 is 5.69 Å². The predicted molar refractivity (Wildman–Crippen MR) is 54.0 cm³/mol. The zero-order valence-corrected chi connectivity index (χ0v) is 8.67. The molecule has 0 aliphatic heterocycles. The molecule has 0 aliphatic carbocycles. The summed E-state index contributed by atoms with van der Waals surface area (Å²) in [4.78, 5) is 4.17. The van der Waals surface area contributed by atoms with Crippen LogP contribution in [-0.2, 0) is 4.74 Å². The molecule has 0 saturated carbocycles. The number of hydrogen-bond donors (Lipinski definition) is 1. The average Bonchev–Trinajstić information content (AvgIpc) is 2.17. The highest BCUT2D eigenvalue weighted by molar-refractivity contribution is 5.54. The largest absolute Gasteiger partial charge is 0.386 e. The molecule has 0 spiro atoms. The summed E-state index contributed by atoms with van der Waals surface area (Å²) in [5, 5.41) is 3.04. The van der Waals surface area contributed by atoms with Gasteiger partial charge >= 0.3 is 0 Å². The highest BCUT2D eigenvalue weighted by Crippen LogP contribution is 2.25. The predicted octanol–water partition coefficient (Wildman–Crippen LogP) is 2.44. The Morgan fingerprint density at radius 1 is 1.64 bits per heavy atom. The van der Waals surface area contributed by atoms with Gasteiger partial charge < -0.3 is 10.1 Å². The van der Waals surface area contributed by atoms with Crippen LogP contribution in [0.25, 0.3) is 0 Å². The maximum absolute atomic E-state index is 12.0. The smallest absolute Gasteiger partial charge is 0.189 e. The summed E-state index contributed by atoms with van der Waals surface area (Å²) in [5.41, 5.74) is 2.73. The van der Waals surface area contributed by atoms with E-state index in [1.807, 2.05) is 20.0 Å². The maximum Gasteiger partial charge on any atom is 0.189 e. The zero-order valence-electron chi connectivity index (χ0n) is 8.67. The van der Waals surface area contributed by atoms with E-state index in [0.717, 1.165) is 16.9 Å². The van der Waals surface area contributed by atoms with Crippen molar-refractivity contribution in [1.29, 1.82) is 0 Å². The molecule has 1 N–H and O–H groups in total. The van der Waals surface area contributed by atoms with E-state index >= 15 is 0 Å². The molecular weight excluding hydrogens is 183 g/mol. The van der Waals surface area contributed by atoms with Crippen LogP contribution < -0.4 is 5.32 Å². The van der Waals surface area contributed by atoms with Gasteiger partial charge in [0.25, 0.3) is 0 Å². The van der Waals surface area contributed by atoms with Crippen molar-refractivity contribution < 1.29 is 9.13 Å². The number of nitrogens with one attached hydrogen (secondary N) is 1. The molecule has 0 saturated heterocycles. The van der Waals surface area contributed by atoms with Crippen LogP contribution in [0.2, 0.25) is 0 Å². The minimum atomic E-state index is -0.792. The van der Waals surface area contributed by atoms with E-state index in [9.17, 15) is 4.39 Å². The number of rotatable bonds is 4. The molecule has 0 aliphatic rings. The van der Waals surface area contributed by atoms with Gasteiger partial charge in [0.05, 0.1) is 11.4 Å². The number of halogens is 1. The third kappa shape index (κ3) is 2.20. The molecule has 14 heavy (non-hydrogen) atoms. The lowest BCUT2D eigenvalue weighted by Crippen LogP contribution is -2.07. The van der Waals surface area contributed by atoms with Gasteiger partial charge in [-0.3, -0.25) is 4.98 Å². The second-order valence-corrected chi connectivity index (χ2v) is 3.06. The van der Waals surface area contributed by atoms with Gasteiger partial charge in [-0.05, 0) is 25.5 Å². The Kier molecular flexibility index (Phi) is 3.83. The van der Waals surface area contributed by atoms with Crippen LogP contribution in [0.15, 0.2) is 12.3 Å². The van der Waals surface area contributed by atoms with Crippen molar-refractivity contribution in [2.24, 2.45) is 0 Å². The van der Waals surface area contributed by atoms with E-state index in [2.05, 4.69) is 10.3 Å². The summed E-state index contributed by atoms with van der Waals surface area (Å²) in [6.45, 7) is 2.96. The van der Waals surface area contributed by atoms with Crippen molar-refractivity contribution in [2.45, 2.75) is 20.0 Å². The lowest BCUT2D eigenvalue weighted by atomic mass is 10.1. The van der Waals surface area contributed by atoms with Crippen LogP contribution in [0.3, 0.4) is 0 Å². The Morgan fingerprint density at radius 2 is 2.36 bits per heavy atom. The molecule has 1 unspecified atom stereocenters. The molecule has 1 aromatic rings. The molecule has 78 valence electrons. The fourth-order valence-electron chi connectivity index (χ4n) is 1.39. The highest BCUT2D eigenvalue weighted by Gasteiger charge is 2.13. The first-order valence-electron chi connectivity index (χ1n) is 4.51. The molecule has 0 amide bonds. The molecule has 0 bridgehead atoms. The first-order chi connectivity index (χ1) is 6.70. The second-order valence-electron chi connectivity index (χ2n) is 3.06. The Labute approximate surface area is 83.3 Å². The minimum Gasteiger partial charge on any atom is -0.386 e. The van der Waals surface area contributed by atoms with Crippen molar-refractivity contribution in [1.82, 2.24) is 4.98 Å². The quantitative estimate of drug-likeness (QED) is 0.806. The molecule has 1 heterocycles. The van der Waals surface area contributed by atoms with Gasteiger partial charge in [0.15, 0.2) is 6.86 Å². The molecule has 4 heteroatoms. The molecule has 0 radical (unpaired) electrons. The lowest BCUT2D eigenvalue weighted by molar-refractivity contribution is 0.00254. The SMILES string of the molecule is CNc1c(C)ccnc1C(C)OCF. The average molecular weight is 198 g/mol. The normalized spacial score (nSPS) is 12.6. The number of ether oxygens (including phenoxy) is 1. The van der Waals surface area contributed by atoms with E-state index in [1.165, 1.54) is 0 Å². The summed E-state index contributed by atoms with van der Waals surface area (Å²) in [6, 6.07) is 1.90.